The third-order valence-corrected chi connectivity index (χ3v) is 4.68. The van der Waals surface area contributed by atoms with Crippen molar-refractivity contribution >= 4 is 23.1 Å². The van der Waals surface area contributed by atoms with E-state index in [1.807, 2.05) is 13.0 Å². The van der Waals surface area contributed by atoms with E-state index in [1.165, 1.54) is 18.5 Å². The summed E-state index contributed by atoms with van der Waals surface area (Å²) in [6.45, 7) is 9.66. The van der Waals surface area contributed by atoms with Crippen LogP contribution in [0.3, 0.4) is 0 Å². The highest BCUT2D eigenvalue weighted by molar-refractivity contribution is 5.61. The van der Waals surface area contributed by atoms with Crippen molar-refractivity contribution in [2.24, 2.45) is 5.92 Å². The van der Waals surface area contributed by atoms with Gasteiger partial charge in [-0.3, -0.25) is 0 Å². The molecule has 0 aliphatic carbocycles. The maximum atomic E-state index is 4.54. The van der Waals surface area contributed by atoms with E-state index in [0.29, 0.717) is 5.95 Å². The van der Waals surface area contributed by atoms with E-state index in [-0.39, 0.29) is 0 Å². The molecule has 5 nitrogen and oxygen atoms in total. The minimum Gasteiger partial charge on any atom is -0.372 e. The van der Waals surface area contributed by atoms with Crippen molar-refractivity contribution in [1.29, 1.82) is 0 Å². The molecule has 0 unspecified atom stereocenters. The Morgan fingerprint density at radius 3 is 2.52 bits per heavy atom. The molecular formula is C20H29N5. The molecule has 2 N–H and O–H groups in total. The first-order valence-electron chi connectivity index (χ1n) is 9.35. The van der Waals surface area contributed by atoms with Crippen molar-refractivity contribution < 1.29 is 0 Å². The Balaban J connectivity index is 1.66. The van der Waals surface area contributed by atoms with Crippen LogP contribution in [-0.4, -0.2) is 29.6 Å². The Labute approximate surface area is 150 Å². The average Bonchev–Trinajstić information content (AvgIpc) is 2.61. The van der Waals surface area contributed by atoms with Crippen molar-refractivity contribution in [3.05, 3.63) is 36.0 Å². The Kier molecular flexibility index (Phi) is 5.74. The van der Waals surface area contributed by atoms with Gasteiger partial charge in [-0.2, -0.15) is 4.98 Å². The third kappa shape index (κ3) is 4.84. The van der Waals surface area contributed by atoms with Crippen LogP contribution in [0, 0.1) is 12.8 Å². The molecule has 1 aromatic heterocycles. The van der Waals surface area contributed by atoms with Gasteiger partial charge in [-0.25, -0.2) is 4.98 Å². The molecule has 1 aliphatic rings. The van der Waals surface area contributed by atoms with Gasteiger partial charge in [0.05, 0.1) is 0 Å². The zero-order valence-electron chi connectivity index (χ0n) is 15.5. The normalized spacial score (nSPS) is 15.2. The number of aryl methyl sites for hydroxylation is 1. The molecule has 1 aliphatic heterocycles. The van der Waals surface area contributed by atoms with Crippen molar-refractivity contribution in [2.45, 2.75) is 40.0 Å². The predicted octanol–water partition coefficient (Wildman–Crippen LogP) is 4.59. The van der Waals surface area contributed by atoms with Crippen molar-refractivity contribution in [2.75, 3.05) is 35.2 Å². The minimum atomic E-state index is 0.684. The number of rotatable bonds is 6. The fourth-order valence-electron chi connectivity index (χ4n) is 3.12. The molecule has 1 aromatic carbocycles. The highest BCUT2D eigenvalue weighted by atomic mass is 15.1. The second kappa shape index (κ2) is 8.19. The van der Waals surface area contributed by atoms with Crippen LogP contribution in [0.25, 0.3) is 0 Å². The summed E-state index contributed by atoms with van der Waals surface area (Å²) >= 11 is 0. The quantitative estimate of drug-likeness (QED) is 0.806. The summed E-state index contributed by atoms with van der Waals surface area (Å²) in [4.78, 5) is 11.4. The maximum Gasteiger partial charge on any atom is 0.224 e. The van der Waals surface area contributed by atoms with Crippen molar-refractivity contribution in [3.63, 3.8) is 0 Å². The standard InChI is InChI=1S/C20H29N5/c1-4-11-21-20-22-16(3)14-19(24-20)23-17-5-7-18(8-6-17)25-12-9-15(2)10-13-25/h5-8,14-15H,4,9-13H2,1-3H3,(H2,21,22,23,24). The van der Waals surface area contributed by atoms with E-state index < -0.39 is 0 Å². The number of piperidine rings is 1. The molecule has 0 atom stereocenters. The van der Waals surface area contributed by atoms with Crippen LogP contribution in [-0.2, 0) is 0 Å². The SMILES string of the molecule is CCCNc1nc(C)cc(Nc2ccc(N3CCC(C)CC3)cc2)n1. The molecule has 5 heteroatoms. The van der Waals surface area contributed by atoms with Crippen molar-refractivity contribution in [1.82, 2.24) is 9.97 Å². The molecule has 2 aromatic rings. The molecule has 0 spiro atoms. The summed E-state index contributed by atoms with van der Waals surface area (Å²) in [5, 5.41) is 6.64. The predicted molar refractivity (Wildman–Crippen MR) is 106 cm³/mol. The number of benzene rings is 1. The molecule has 1 fully saturated rings. The molecule has 0 amide bonds. The molecule has 0 radical (unpaired) electrons. The Morgan fingerprint density at radius 2 is 1.84 bits per heavy atom. The highest BCUT2D eigenvalue weighted by Gasteiger charge is 2.15. The Hall–Kier alpha value is -2.30. The smallest absolute Gasteiger partial charge is 0.224 e. The molecule has 1 saturated heterocycles. The van der Waals surface area contributed by atoms with E-state index in [9.17, 15) is 0 Å². The highest BCUT2D eigenvalue weighted by Crippen LogP contribution is 2.25. The Morgan fingerprint density at radius 1 is 1.12 bits per heavy atom. The van der Waals surface area contributed by atoms with Gasteiger partial charge in [0, 0.05) is 42.8 Å². The molecule has 25 heavy (non-hydrogen) atoms. The van der Waals surface area contributed by atoms with Crippen LogP contribution in [0.5, 0.6) is 0 Å². The van der Waals surface area contributed by atoms with Gasteiger partial charge >= 0.3 is 0 Å². The summed E-state index contributed by atoms with van der Waals surface area (Å²) < 4.78 is 0. The first kappa shape index (κ1) is 17.5. The van der Waals surface area contributed by atoms with E-state index in [4.69, 9.17) is 0 Å². The summed E-state index contributed by atoms with van der Waals surface area (Å²) in [7, 11) is 0. The van der Waals surface area contributed by atoms with Crippen LogP contribution in [0.1, 0.15) is 38.8 Å². The zero-order valence-corrected chi connectivity index (χ0v) is 15.5. The molecule has 134 valence electrons. The summed E-state index contributed by atoms with van der Waals surface area (Å²) in [6, 6.07) is 10.6. The van der Waals surface area contributed by atoms with Gasteiger partial charge in [-0.15, -0.1) is 0 Å². The Bertz CT molecular complexity index is 675. The number of hydrogen-bond donors (Lipinski definition) is 2. The van der Waals surface area contributed by atoms with E-state index in [0.717, 1.165) is 49.2 Å². The van der Waals surface area contributed by atoms with Gasteiger partial charge in [0.2, 0.25) is 5.95 Å². The van der Waals surface area contributed by atoms with Gasteiger partial charge < -0.3 is 15.5 Å². The fourth-order valence-corrected chi connectivity index (χ4v) is 3.12. The van der Waals surface area contributed by atoms with Crippen molar-refractivity contribution in [3.8, 4) is 0 Å². The lowest BCUT2D eigenvalue weighted by Crippen LogP contribution is -2.32. The number of aromatic nitrogens is 2. The number of anilines is 4. The fraction of sp³-hybridized carbons (Fsp3) is 0.500. The second-order valence-electron chi connectivity index (χ2n) is 6.99. The summed E-state index contributed by atoms with van der Waals surface area (Å²) in [5.74, 6) is 2.36. The first-order chi connectivity index (χ1) is 12.1. The summed E-state index contributed by atoms with van der Waals surface area (Å²) in [6.07, 6.45) is 3.62. The van der Waals surface area contributed by atoms with Gasteiger partial charge in [0.15, 0.2) is 0 Å². The molecule has 3 rings (SSSR count). The number of hydrogen-bond acceptors (Lipinski definition) is 5. The first-order valence-corrected chi connectivity index (χ1v) is 9.35. The van der Waals surface area contributed by atoms with E-state index in [1.54, 1.807) is 0 Å². The van der Waals surface area contributed by atoms with Crippen LogP contribution < -0.4 is 15.5 Å². The van der Waals surface area contributed by atoms with Crippen LogP contribution in [0.2, 0.25) is 0 Å². The van der Waals surface area contributed by atoms with Gasteiger partial charge in [-0.1, -0.05) is 13.8 Å². The van der Waals surface area contributed by atoms with E-state index >= 15 is 0 Å². The monoisotopic (exact) mass is 339 g/mol. The number of nitrogens with zero attached hydrogens (tertiary/aromatic N) is 3. The number of nitrogens with one attached hydrogen (secondary N) is 2. The topological polar surface area (TPSA) is 53.1 Å². The van der Waals surface area contributed by atoms with Crippen LogP contribution in [0.15, 0.2) is 30.3 Å². The van der Waals surface area contributed by atoms with E-state index in [2.05, 4.69) is 63.6 Å². The molecule has 2 heterocycles. The maximum absolute atomic E-state index is 4.54. The molecule has 0 bridgehead atoms. The lowest BCUT2D eigenvalue weighted by atomic mass is 9.99. The summed E-state index contributed by atoms with van der Waals surface area (Å²) in [5.41, 5.74) is 3.31. The third-order valence-electron chi connectivity index (χ3n) is 4.68. The lowest BCUT2D eigenvalue weighted by Gasteiger charge is -2.32. The molecular weight excluding hydrogens is 310 g/mol. The minimum absolute atomic E-state index is 0.684. The van der Waals surface area contributed by atoms with Crippen LogP contribution >= 0.6 is 0 Å². The van der Waals surface area contributed by atoms with Crippen LogP contribution in [0.4, 0.5) is 23.1 Å². The van der Waals surface area contributed by atoms with Gasteiger partial charge in [-0.05, 0) is 56.4 Å². The second-order valence-corrected chi connectivity index (χ2v) is 6.99. The molecule has 0 saturated carbocycles. The average molecular weight is 339 g/mol. The largest absolute Gasteiger partial charge is 0.372 e. The zero-order chi connectivity index (χ0) is 17.6. The lowest BCUT2D eigenvalue weighted by molar-refractivity contribution is 0.438. The van der Waals surface area contributed by atoms with Gasteiger partial charge in [0.1, 0.15) is 5.82 Å². The van der Waals surface area contributed by atoms with Gasteiger partial charge in [0.25, 0.3) is 0 Å².